The molecular formula is C89H97BBr2ClN19O13. The largest absolute Gasteiger partial charge is 0.500 e. The molecule has 16 aromatic rings. The number of ether oxygens (including phenoxy) is 1. The molecule has 0 spiro atoms. The molecule has 650 valence electrons. The third-order valence-corrected chi connectivity index (χ3v) is 24.0. The second-order valence-corrected chi connectivity index (χ2v) is 34.3. The van der Waals surface area contributed by atoms with E-state index in [-0.39, 0.29) is 24.2 Å². The normalized spacial score (nSPS) is 13.8. The molecule has 32 nitrogen and oxygen atoms in total. The van der Waals surface area contributed by atoms with Crippen molar-refractivity contribution in [2.75, 3.05) is 59.5 Å². The highest BCUT2D eigenvalue weighted by Crippen LogP contribution is 2.46. The number of hydrogen-bond acceptors (Lipinski definition) is 29. The summed E-state index contributed by atoms with van der Waals surface area (Å²) in [4.78, 5) is 30.1. The molecule has 3 aliphatic rings. The molecule has 0 unspecified atom stereocenters. The van der Waals surface area contributed by atoms with Crippen molar-refractivity contribution >= 4 is 118 Å². The summed E-state index contributed by atoms with van der Waals surface area (Å²) in [6.07, 6.45) is 0.358. The van der Waals surface area contributed by atoms with E-state index in [1.165, 1.54) is 0 Å². The molecule has 5 aromatic carbocycles. The lowest BCUT2D eigenvalue weighted by atomic mass is 9.77. The maximum atomic E-state index is 11.9. The number of carbonyl (C=O) groups is 1. The number of benzene rings is 5. The van der Waals surface area contributed by atoms with E-state index in [9.17, 15) is 4.79 Å². The number of nitrogens with one attached hydrogen (secondary N) is 3. The number of H-pyrrole nitrogens is 2. The average Bonchev–Trinajstić information content (AvgIpc) is 1.64. The van der Waals surface area contributed by atoms with Crippen LogP contribution in [0.5, 0.6) is 0 Å². The summed E-state index contributed by atoms with van der Waals surface area (Å²) in [5.74, 6) is 7.62. The molecule has 3 aliphatic heterocycles. The molecule has 0 atom stereocenters. The molecule has 125 heavy (non-hydrogen) atoms. The molecule has 1 amide bonds. The highest BCUT2D eigenvalue weighted by molar-refractivity contribution is 9.11. The molecule has 0 radical (unpaired) electrons. The first-order valence-corrected chi connectivity index (χ1v) is 42.1. The summed E-state index contributed by atoms with van der Waals surface area (Å²) >= 11 is 12.6. The first-order valence-electron chi connectivity index (χ1n) is 40.1. The number of morpholine rings is 1. The minimum absolute atomic E-state index is 0.00563. The number of amides is 1. The molecule has 2 saturated heterocycles. The van der Waals surface area contributed by atoms with Crippen LogP contribution in [0.4, 0.5) is 34.4 Å². The van der Waals surface area contributed by atoms with Crippen molar-refractivity contribution < 1.29 is 59.5 Å². The van der Waals surface area contributed by atoms with Gasteiger partial charge in [-0.05, 0) is 274 Å². The Morgan fingerprint density at radius 3 is 1.17 bits per heavy atom. The number of aryl methyl sites for hydroxylation is 18. The van der Waals surface area contributed by atoms with E-state index in [1.54, 1.807) is 6.07 Å². The number of nitrogens with two attached hydrogens (primary N) is 4. The number of nitrogen functional groups attached to an aromatic ring is 4. The van der Waals surface area contributed by atoms with Crippen molar-refractivity contribution in [2.24, 2.45) is 0 Å². The Kier molecular flexibility index (Phi) is 25.1. The number of hydrogen-bond donors (Lipinski definition) is 7. The predicted octanol–water partition coefficient (Wildman–Crippen LogP) is 19.8. The Bertz CT molecular complexity index is 6560. The maximum Gasteiger partial charge on any atom is 0.500 e. The van der Waals surface area contributed by atoms with Crippen LogP contribution in [-0.2, 0) is 25.3 Å². The van der Waals surface area contributed by atoms with Gasteiger partial charge in [0.25, 0.3) is 0 Å². The van der Waals surface area contributed by atoms with E-state index in [4.69, 9.17) is 94.3 Å². The monoisotopic (exact) mass is 1840 g/mol. The number of aromatic amines is 2. The first kappa shape index (κ1) is 88.9. The number of aromatic nitrogens is 13. The van der Waals surface area contributed by atoms with Crippen molar-refractivity contribution in [1.82, 2.24) is 66.3 Å². The minimum Gasteiger partial charge on any atom is -0.399 e. The van der Waals surface area contributed by atoms with Gasteiger partial charge in [0.15, 0.2) is 0 Å². The zero-order valence-corrected chi connectivity index (χ0v) is 77.4. The van der Waals surface area contributed by atoms with Crippen molar-refractivity contribution in [3.8, 4) is 89.0 Å². The van der Waals surface area contributed by atoms with Crippen molar-refractivity contribution in [3.63, 3.8) is 0 Å². The first-order chi connectivity index (χ1) is 59.2. The smallest absolute Gasteiger partial charge is 0.399 e. The Morgan fingerprint density at radius 1 is 0.408 bits per heavy atom. The standard InChI is InChI=1S/C21H23N5O3.C18H17N3O3.C17H15ClN4O2.C16H18N4O2.C11H18BNO3.C6H6Br2N2/c1-11-18(13(3)28-24-11)15-9-16(19-12(2)25-29-14(19)4)20-17(10-15)22-21(23-20)26-5-7-27-8-6-26;1-8-17(10(3)23-20-8)12-5-14(18-9(2)21-24-11(18)4)13-7-16(22)19-15(13)6-12;1-7-14(9(3)23-21-7)11-5-12(15-8(2)22-24-10(15)4)16-13(6-11)19-17(18)20-16;1-7-14(9(3)21-19-7)11-5-12(16(18)13(17)6-11)15-8(2)20-22-10(15)4;1-7-9(8(2)14-13-7)12-15-10(3,4)11(5,6)16-12;7-3-1-4(8)6(10)5(9)2-3/h9-10H,5-8H2,1-4H3,(H,22,23);5-6H,7H2,1-4H3,(H,19,22);5-6H,1-4H3,(H,19,20);5-6H,17-18H2,1-4H3;1-6H3;1-2H,9-10H2. The fourth-order valence-electron chi connectivity index (χ4n) is 16.0. The maximum absolute atomic E-state index is 11.9. The fourth-order valence-corrected chi connectivity index (χ4v) is 17.4. The number of imidazole rings is 2. The van der Waals surface area contributed by atoms with E-state index in [0.717, 1.165) is 253 Å². The van der Waals surface area contributed by atoms with E-state index >= 15 is 0 Å². The number of fused-ring (bicyclic) bond motifs is 3. The summed E-state index contributed by atoms with van der Waals surface area (Å²) < 4.78 is 66.9. The van der Waals surface area contributed by atoms with Crippen LogP contribution in [0.2, 0.25) is 5.28 Å². The molecule has 0 saturated carbocycles. The number of rotatable bonds is 10. The van der Waals surface area contributed by atoms with E-state index in [0.29, 0.717) is 53.4 Å². The summed E-state index contributed by atoms with van der Waals surface area (Å²) in [7, 11) is -0.378. The van der Waals surface area contributed by atoms with Gasteiger partial charge in [0, 0.05) is 94.4 Å². The number of halogens is 3. The molecule has 11 N–H and O–H groups in total. The number of anilines is 6. The van der Waals surface area contributed by atoms with Crippen LogP contribution in [0, 0.1) is 125 Å². The van der Waals surface area contributed by atoms with Crippen LogP contribution in [-0.4, -0.2) is 117 Å². The summed E-state index contributed by atoms with van der Waals surface area (Å²) in [6.45, 7) is 45.4. The molecule has 2 fully saturated rings. The van der Waals surface area contributed by atoms with Crippen molar-refractivity contribution in [2.45, 2.75) is 170 Å². The molecule has 36 heteroatoms. The van der Waals surface area contributed by atoms with Gasteiger partial charge in [-0.1, -0.05) is 62.3 Å². The lowest BCUT2D eigenvalue weighted by Crippen LogP contribution is -2.41. The topological polar surface area (TPSA) is 456 Å². The fraction of sp³-hybridized carbons (Fsp3) is 0.326. The Balaban J connectivity index is 0.000000125. The number of carbonyl (C=O) groups excluding carboxylic acids is 1. The van der Waals surface area contributed by atoms with Gasteiger partial charge in [-0.15, -0.1) is 0 Å². The zero-order valence-electron chi connectivity index (χ0n) is 73.5. The van der Waals surface area contributed by atoms with Gasteiger partial charge in [0.2, 0.25) is 17.1 Å². The van der Waals surface area contributed by atoms with Gasteiger partial charge in [-0.25, -0.2) is 9.97 Å². The van der Waals surface area contributed by atoms with Gasteiger partial charge in [0.1, 0.15) is 51.8 Å². The van der Waals surface area contributed by atoms with Crippen LogP contribution in [0.3, 0.4) is 0 Å². The SMILES string of the molecule is Cc1noc(C)c1-c1cc(-c2c(C)noc2C)c2nc(Cl)[nH]c2c1.Cc1noc(C)c1-c1cc(-c2c(C)noc2C)c2nc(N3CCOCC3)[nH]c2c1.Cc1noc(C)c1-c1cc(N)c(N)c(-c2c(C)noc2C)c1.Cc1noc(C)c1-c1cc2c(c(-c3c(C)noc3C)c1)CC(=O)N2.Cc1noc(C)c1B1OC(C)(C)C(C)(C)O1.Nc1cc(Br)cc(Br)c1N. The average molecular weight is 1850 g/mol. The van der Waals surface area contributed by atoms with Crippen molar-refractivity contribution in [1.29, 1.82) is 0 Å². The lowest BCUT2D eigenvalue weighted by Gasteiger charge is -2.32. The third kappa shape index (κ3) is 17.6. The van der Waals surface area contributed by atoms with Gasteiger partial charge in [-0.3, -0.25) is 4.79 Å². The molecule has 19 rings (SSSR count). The van der Waals surface area contributed by atoms with Gasteiger partial charge in [0.05, 0.1) is 127 Å². The van der Waals surface area contributed by atoms with E-state index in [2.05, 4.69) is 128 Å². The van der Waals surface area contributed by atoms with Gasteiger partial charge >= 0.3 is 7.12 Å². The quantitative estimate of drug-likeness (QED) is 0.0494. The molecule has 0 bridgehead atoms. The number of nitrogens with zero attached hydrogens (tertiary/aromatic N) is 12. The summed E-state index contributed by atoms with van der Waals surface area (Å²) in [5, 5.41) is 39.7. The molecule has 11 aromatic heterocycles. The van der Waals surface area contributed by atoms with Crippen LogP contribution >= 0.6 is 43.5 Å². The molecular weight excluding hydrogens is 1750 g/mol. The summed E-state index contributed by atoms with van der Waals surface area (Å²) in [5.41, 5.74) is 53.7. The minimum atomic E-state index is -0.378. The molecule has 0 aliphatic carbocycles. The third-order valence-electron chi connectivity index (χ3n) is 22.7. The molecule has 14 heterocycles. The Labute approximate surface area is 741 Å². The summed E-state index contributed by atoms with van der Waals surface area (Å²) in [6, 6.07) is 19.8. The highest BCUT2D eigenvalue weighted by atomic mass is 79.9. The van der Waals surface area contributed by atoms with Crippen molar-refractivity contribution in [3.05, 3.63) is 184 Å². The van der Waals surface area contributed by atoms with E-state index < -0.39 is 0 Å². The Morgan fingerprint density at radius 2 is 0.760 bits per heavy atom. The Hall–Kier alpha value is -12.4. The zero-order chi connectivity index (χ0) is 90.0. The van der Waals surface area contributed by atoms with E-state index in [1.807, 2.05) is 183 Å². The second kappa shape index (κ2) is 35.3. The van der Waals surface area contributed by atoms with Crippen LogP contribution < -0.4 is 38.6 Å². The van der Waals surface area contributed by atoms with Crippen LogP contribution in [0.1, 0.15) is 136 Å². The van der Waals surface area contributed by atoms with Crippen LogP contribution in [0.15, 0.2) is 110 Å². The highest BCUT2D eigenvalue weighted by Gasteiger charge is 2.53. The lowest BCUT2D eigenvalue weighted by molar-refractivity contribution is -0.115. The second-order valence-electron chi connectivity index (χ2n) is 32.1. The predicted molar refractivity (Wildman–Crippen MR) is 486 cm³/mol. The van der Waals surface area contributed by atoms with Crippen LogP contribution in [0.25, 0.3) is 111 Å². The van der Waals surface area contributed by atoms with Gasteiger partial charge < -0.3 is 97.9 Å². The van der Waals surface area contributed by atoms with Gasteiger partial charge in [-0.2, -0.15) is 0 Å².